The number of ether oxygens (including phenoxy) is 2. The molecule has 0 bridgehead atoms. The molecular formula is C17H22N2O2. The number of nitrogens with one attached hydrogen (secondary N) is 1. The van der Waals surface area contributed by atoms with Crippen LogP contribution in [-0.2, 0) is 6.61 Å². The Morgan fingerprint density at radius 1 is 1.24 bits per heavy atom. The van der Waals surface area contributed by atoms with Gasteiger partial charge in [-0.25, -0.2) is 4.98 Å². The maximum Gasteiger partial charge on any atom is 0.213 e. The Balaban J connectivity index is 2.06. The Hall–Kier alpha value is -2.07. The molecule has 0 aliphatic rings. The summed E-state index contributed by atoms with van der Waals surface area (Å²) >= 11 is 0. The SMILES string of the molecule is CNC(C)c1ccc(OCc2cccc(OC)n2)c(C)c1. The standard InChI is InChI=1S/C17H22N2O2/c1-12-10-14(13(2)18-3)8-9-16(12)21-11-15-6-5-7-17(19-15)20-4/h5-10,13,18H,11H2,1-4H3. The van der Waals surface area contributed by atoms with Crippen molar-refractivity contribution in [2.45, 2.75) is 26.5 Å². The summed E-state index contributed by atoms with van der Waals surface area (Å²) < 4.78 is 11.0. The molecule has 112 valence electrons. The summed E-state index contributed by atoms with van der Waals surface area (Å²) in [5.74, 6) is 1.48. The Morgan fingerprint density at radius 3 is 2.71 bits per heavy atom. The van der Waals surface area contributed by atoms with E-state index < -0.39 is 0 Å². The van der Waals surface area contributed by atoms with Crippen molar-refractivity contribution in [1.29, 1.82) is 0 Å². The van der Waals surface area contributed by atoms with Gasteiger partial charge in [0.1, 0.15) is 12.4 Å². The predicted octanol–water partition coefficient (Wildman–Crippen LogP) is 3.26. The van der Waals surface area contributed by atoms with Gasteiger partial charge in [-0.1, -0.05) is 18.2 Å². The maximum atomic E-state index is 5.85. The summed E-state index contributed by atoms with van der Waals surface area (Å²) in [7, 11) is 3.57. The topological polar surface area (TPSA) is 43.4 Å². The summed E-state index contributed by atoms with van der Waals surface area (Å²) in [6, 6.07) is 12.2. The van der Waals surface area contributed by atoms with Gasteiger partial charge in [0, 0.05) is 12.1 Å². The van der Waals surface area contributed by atoms with Gasteiger partial charge in [-0.3, -0.25) is 0 Å². The van der Waals surface area contributed by atoms with Gasteiger partial charge in [0.05, 0.1) is 12.8 Å². The largest absolute Gasteiger partial charge is 0.487 e. The van der Waals surface area contributed by atoms with Crippen molar-refractivity contribution in [1.82, 2.24) is 10.3 Å². The van der Waals surface area contributed by atoms with E-state index in [1.54, 1.807) is 7.11 Å². The van der Waals surface area contributed by atoms with Crippen LogP contribution in [0.5, 0.6) is 11.6 Å². The molecule has 0 saturated heterocycles. The Labute approximate surface area is 126 Å². The molecule has 1 heterocycles. The number of methoxy groups -OCH3 is 1. The number of hydrogen-bond donors (Lipinski definition) is 1. The third kappa shape index (κ3) is 3.95. The quantitative estimate of drug-likeness (QED) is 0.885. The van der Waals surface area contributed by atoms with Crippen LogP contribution >= 0.6 is 0 Å². The second-order valence-corrected chi connectivity index (χ2v) is 5.00. The summed E-state index contributed by atoms with van der Waals surface area (Å²) in [5, 5.41) is 3.23. The first-order valence-corrected chi connectivity index (χ1v) is 7.04. The van der Waals surface area contributed by atoms with E-state index in [2.05, 4.69) is 36.3 Å². The summed E-state index contributed by atoms with van der Waals surface area (Å²) in [6.07, 6.45) is 0. The van der Waals surface area contributed by atoms with E-state index in [0.29, 0.717) is 18.5 Å². The number of aryl methyl sites for hydroxylation is 1. The fraction of sp³-hybridized carbons (Fsp3) is 0.353. The number of benzene rings is 1. The van der Waals surface area contributed by atoms with Gasteiger partial charge < -0.3 is 14.8 Å². The van der Waals surface area contributed by atoms with Crippen molar-refractivity contribution in [3.8, 4) is 11.6 Å². The smallest absolute Gasteiger partial charge is 0.213 e. The molecule has 0 radical (unpaired) electrons. The zero-order valence-electron chi connectivity index (χ0n) is 13.0. The van der Waals surface area contributed by atoms with Crippen molar-refractivity contribution in [3.63, 3.8) is 0 Å². The van der Waals surface area contributed by atoms with E-state index in [4.69, 9.17) is 9.47 Å². The highest BCUT2D eigenvalue weighted by atomic mass is 16.5. The molecule has 1 aromatic heterocycles. The van der Waals surface area contributed by atoms with Gasteiger partial charge in [0.25, 0.3) is 0 Å². The van der Waals surface area contributed by atoms with Crippen LogP contribution in [0.25, 0.3) is 0 Å². The van der Waals surface area contributed by atoms with E-state index in [0.717, 1.165) is 17.0 Å². The number of aromatic nitrogens is 1. The van der Waals surface area contributed by atoms with Crippen molar-refractivity contribution in [2.75, 3.05) is 14.2 Å². The average molecular weight is 286 g/mol. The highest BCUT2D eigenvalue weighted by molar-refractivity contribution is 5.37. The minimum atomic E-state index is 0.331. The predicted molar refractivity (Wildman–Crippen MR) is 83.8 cm³/mol. The maximum absolute atomic E-state index is 5.85. The van der Waals surface area contributed by atoms with Crippen LogP contribution in [0.4, 0.5) is 0 Å². The van der Waals surface area contributed by atoms with Gasteiger partial charge >= 0.3 is 0 Å². The fourth-order valence-electron chi connectivity index (χ4n) is 2.07. The molecule has 21 heavy (non-hydrogen) atoms. The zero-order valence-corrected chi connectivity index (χ0v) is 13.0. The molecule has 4 heteroatoms. The minimum absolute atomic E-state index is 0.331. The molecule has 0 aliphatic heterocycles. The highest BCUT2D eigenvalue weighted by Crippen LogP contribution is 2.23. The molecular weight excluding hydrogens is 264 g/mol. The normalized spacial score (nSPS) is 12.0. The molecule has 2 rings (SSSR count). The van der Waals surface area contributed by atoms with Crippen LogP contribution in [0.3, 0.4) is 0 Å². The molecule has 1 atom stereocenters. The summed E-state index contributed by atoms with van der Waals surface area (Å²) in [5.41, 5.74) is 3.22. The van der Waals surface area contributed by atoms with Crippen LogP contribution < -0.4 is 14.8 Å². The zero-order chi connectivity index (χ0) is 15.2. The third-order valence-electron chi connectivity index (χ3n) is 3.50. The van der Waals surface area contributed by atoms with Crippen molar-refractivity contribution < 1.29 is 9.47 Å². The van der Waals surface area contributed by atoms with E-state index in [9.17, 15) is 0 Å². The van der Waals surface area contributed by atoms with E-state index in [1.807, 2.05) is 31.3 Å². The number of rotatable bonds is 6. The monoisotopic (exact) mass is 286 g/mol. The third-order valence-corrected chi connectivity index (χ3v) is 3.50. The summed E-state index contributed by atoms with van der Waals surface area (Å²) in [6.45, 7) is 4.62. The molecule has 1 unspecified atom stereocenters. The molecule has 1 N–H and O–H groups in total. The number of nitrogens with zero attached hydrogens (tertiary/aromatic N) is 1. The molecule has 1 aromatic carbocycles. The molecule has 0 saturated carbocycles. The van der Waals surface area contributed by atoms with Crippen molar-refractivity contribution in [3.05, 3.63) is 53.2 Å². The molecule has 0 spiro atoms. The second-order valence-electron chi connectivity index (χ2n) is 5.00. The van der Waals surface area contributed by atoms with Crippen LogP contribution in [0.2, 0.25) is 0 Å². The lowest BCUT2D eigenvalue weighted by atomic mass is 10.1. The van der Waals surface area contributed by atoms with Crippen LogP contribution in [0.1, 0.15) is 29.8 Å². The first kappa shape index (κ1) is 15.3. The van der Waals surface area contributed by atoms with E-state index in [1.165, 1.54) is 5.56 Å². The Morgan fingerprint density at radius 2 is 2.05 bits per heavy atom. The van der Waals surface area contributed by atoms with Gasteiger partial charge in [-0.05, 0) is 44.2 Å². The van der Waals surface area contributed by atoms with Crippen molar-refractivity contribution in [2.24, 2.45) is 0 Å². The first-order valence-electron chi connectivity index (χ1n) is 7.04. The molecule has 2 aromatic rings. The highest BCUT2D eigenvalue weighted by Gasteiger charge is 2.07. The molecule has 0 amide bonds. The van der Waals surface area contributed by atoms with Gasteiger partial charge in [0.2, 0.25) is 5.88 Å². The van der Waals surface area contributed by atoms with Crippen molar-refractivity contribution >= 4 is 0 Å². The first-order chi connectivity index (χ1) is 10.1. The second kappa shape index (κ2) is 7.09. The Kier molecular flexibility index (Phi) is 5.17. The lowest BCUT2D eigenvalue weighted by molar-refractivity contribution is 0.296. The van der Waals surface area contributed by atoms with E-state index >= 15 is 0 Å². The lowest BCUT2D eigenvalue weighted by Gasteiger charge is -2.14. The van der Waals surface area contributed by atoms with Crippen LogP contribution in [0, 0.1) is 6.92 Å². The average Bonchev–Trinajstić information content (AvgIpc) is 2.53. The van der Waals surface area contributed by atoms with Crippen LogP contribution in [-0.4, -0.2) is 19.1 Å². The van der Waals surface area contributed by atoms with Gasteiger partial charge in [-0.15, -0.1) is 0 Å². The molecule has 4 nitrogen and oxygen atoms in total. The van der Waals surface area contributed by atoms with Gasteiger partial charge in [0.15, 0.2) is 0 Å². The molecule has 0 fully saturated rings. The molecule has 0 aliphatic carbocycles. The van der Waals surface area contributed by atoms with E-state index in [-0.39, 0.29) is 0 Å². The fourth-order valence-corrected chi connectivity index (χ4v) is 2.07. The van der Waals surface area contributed by atoms with Gasteiger partial charge in [-0.2, -0.15) is 0 Å². The number of pyridine rings is 1. The number of hydrogen-bond acceptors (Lipinski definition) is 4. The lowest BCUT2D eigenvalue weighted by Crippen LogP contribution is -2.12. The minimum Gasteiger partial charge on any atom is -0.487 e. The summed E-state index contributed by atoms with van der Waals surface area (Å²) in [4.78, 5) is 4.34. The van der Waals surface area contributed by atoms with Crippen LogP contribution in [0.15, 0.2) is 36.4 Å². The Bertz CT molecular complexity index is 599.